The number of hydrogen-bond donors (Lipinski definition) is 2. The van der Waals surface area contributed by atoms with Crippen LogP contribution in [-0.4, -0.2) is 35.3 Å². The van der Waals surface area contributed by atoms with Crippen LogP contribution < -0.4 is 10.0 Å². The molecule has 0 unspecified atom stereocenters. The van der Waals surface area contributed by atoms with E-state index >= 15 is 0 Å². The Labute approximate surface area is 199 Å². The second kappa shape index (κ2) is 8.90. The molecule has 0 atom stereocenters. The summed E-state index contributed by atoms with van der Waals surface area (Å²) in [5.74, 6) is -0.335. The first-order valence-corrected chi connectivity index (χ1v) is 12.8. The lowest BCUT2D eigenvalue weighted by Gasteiger charge is -2.13. The molecule has 2 aromatic carbocycles. The molecule has 4 rings (SSSR count). The molecule has 0 spiro atoms. The predicted octanol–water partition coefficient (Wildman–Crippen LogP) is 4.92. The minimum absolute atomic E-state index is 0.0657. The van der Waals surface area contributed by atoms with E-state index in [9.17, 15) is 13.2 Å². The summed E-state index contributed by atoms with van der Waals surface area (Å²) in [7, 11) is -3.45. The number of fused-ring (bicyclic) bond motifs is 1. The fourth-order valence-corrected chi connectivity index (χ4v) is 4.28. The number of nitrogens with zero attached hydrogens (tertiary/aromatic N) is 3. The standard InChI is InChI=1S/C25H27N5O3S/c1-15(2)30-24-21(14-26-30)20(13-23(28-24)18-9-6-16(3)7-10-18)25(31)27-19-11-8-17(4)22(12-19)29-34(5,32)33/h6-15,29H,1-5H3,(H,27,31). The van der Waals surface area contributed by atoms with Gasteiger partial charge in [-0.15, -0.1) is 0 Å². The molecule has 2 N–H and O–H groups in total. The van der Waals surface area contributed by atoms with E-state index in [1.807, 2.05) is 45.0 Å². The predicted molar refractivity (Wildman–Crippen MR) is 136 cm³/mol. The third-order valence-corrected chi connectivity index (χ3v) is 6.03. The molecular formula is C25H27N5O3S. The van der Waals surface area contributed by atoms with Gasteiger partial charge in [0.05, 0.1) is 34.8 Å². The van der Waals surface area contributed by atoms with Gasteiger partial charge in [-0.25, -0.2) is 18.1 Å². The minimum Gasteiger partial charge on any atom is -0.322 e. The van der Waals surface area contributed by atoms with Crippen LogP contribution in [0.2, 0.25) is 0 Å². The van der Waals surface area contributed by atoms with Crippen molar-refractivity contribution in [3.63, 3.8) is 0 Å². The maximum absolute atomic E-state index is 13.4. The lowest BCUT2D eigenvalue weighted by atomic mass is 10.0. The zero-order valence-electron chi connectivity index (χ0n) is 19.7. The molecule has 0 aliphatic carbocycles. The van der Waals surface area contributed by atoms with Gasteiger partial charge in [-0.1, -0.05) is 35.9 Å². The number of sulfonamides is 1. The molecule has 0 aliphatic heterocycles. The quantitative estimate of drug-likeness (QED) is 0.410. The van der Waals surface area contributed by atoms with Gasteiger partial charge >= 0.3 is 0 Å². The number of anilines is 2. The first-order valence-electron chi connectivity index (χ1n) is 10.9. The Bertz CT molecular complexity index is 1490. The Morgan fingerprint density at radius 3 is 2.38 bits per heavy atom. The van der Waals surface area contributed by atoms with E-state index in [2.05, 4.69) is 15.1 Å². The van der Waals surface area contributed by atoms with Gasteiger partial charge < -0.3 is 5.32 Å². The highest BCUT2D eigenvalue weighted by molar-refractivity contribution is 7.92. The second-order valence-corrected chi connectivity index (χ2v) is 10.4. The second-order valence-electron chi connectivity index (χ2n) is 8.70. The Morgan fingerprint density at radius 1 is 1.03 bits per heavy atom. The van der Waals surface area contributed by atoms with E-state index in [1.54, 1.807) is 42.1 Å². The fourth-order valence-electron chi connectivity index (χ4n) is 3.66. The lowest BCUT2D eigenvalue weighted by Crippen LogP contribution is -2.15. The number of hydrogen-bond acceptors (Lipinski definition) is 5. The number of carbonyl (C=O) groups excluding carboxylic acids is 1. The molecule has 0 saturated heterocycles. The van der Waals surface area contributed by atoms with Crippen LogP contribution in [0, 0.1) is 13.8 Å². The summed E-state index contributed by atoms with van der Waals surface area (Å²) in [6.45, 7) is 7.82. The van der Waals surface area contributed by atoms with Crippen molar-refractivity contribution in [3.8, 4) is 11.3 Å². The average molecular weight is 478 g/mol. The number of benzene rings is 2. The summed E-state index contributed by atoms with van der Waals surface area (Å²) in [6, 6.07) is 14.9. The molecule has 0 aliphatic rings. The molecule has 1 amide bonds. The Kier molecular flexibility index (Phi) is 6.14. The van der Waals surface area contributed by atoms with Gasteiger partial charge in [0, 0.05) is 17.3 Å². The molecule has 0 bridgehead atoms. The Morgan fingerprint density at radius 2 is 1.74 bits per heavy atom. The van der Waals surface area contributed by atoms with Crippen molar-refractivity contribution in [2.45, 2.75) is 33.7 Å². The smallest absolute Gasteiger partial charge is 0.256 e. The number of aromatic nitrogens is 3. The van der Waals surface area contributed by atoms with Gasteiger partial charge in [-0.2, -0.15) is 5.10 Å². The van der Waals surface area contributed by atoms with Crippen molar-refractivity contribution in [3.05, 3.63) is 71.4 Å². The number of rotatable bonds is 6. The zero-order valence-corrected chi connectivity index (χ0v) is 20.6. The molecule has 34 heavy (non-hydrogen) atoms. The van der Waals surface area contributed by atoms with Gasteiger partial charge in [0.2, 0.25) is 10.0 Å². The van der Waals surface area contributed by atoms with Crippen LogP contribution in [0.3, 0.4) is 0 Å². The summed E-state index contributed by atoms with van der Waals surface area (Å²) in [5, 5.41) is 7.99. The van der Waals surface area contributed by atoms with Crippen molar-refractivity contribution in [1.29, 1.82) is 0 Å². The first kappa shape index (κ1) is 23.4. The third-order valence-electron chi connectivity index (χ3n) is 5.44. The van der Waals surface area contributed by atoms with Crippen LogP contribution >= 0.6 is 0 Å². The van der Waals surface area contributed by atoms with Crippen molar-refractivity contribution >= 4 is 38.3 Å². The van der Waals surface area contributed by atoms with Gasteiger partial charge in [-0.05, 0) is 51.5 Å². The average Bonchev–Trinajstić information content (AvgIpc) is 3.19. The maximum Gasteiger partial charge on any atom is 0.256 e. The molecule has 8 nitrogen and oxygen atoms in total. The fraction of sp³-hybridized carbons (Fsp3) is 0.240. The van der Waals surface area contributed by atoms with E-state index in [0.717, 1.165) is 22.9 Å². The molecule has 4 aromatic rings. The van der Waals surface area contributed by atoms with Gasteiger partial charge in [0.25, 0.3) is 5.91 Å². The van der Waals surface area contributed by atoms with Crippen molar-refractivity contribution in [2.24, 2.45) is 0 Å². The number of pyridine rings is 1. The Hall–Kier alpha value is -3.72. The lowest BCUT2D eigenvalue weighted by molar-refractivity contribution is 0.102. The van der Waals surface area contributed by atoms with Crippen LogP contribution in [0.25, 0.3) is 22.3 Å². The van der Waals surface area contributed by atoms with E-state index in [-0.39, 0.29) is 11.9 Å². The molecular weight excluding hydrogens is 450 g/mol. The van der Waals surface area contributed by atoms with Gasteiger partial charge in [-0.3, -0.25) is 9.52 Å². The van der Waals surface area contributed by atoms with Crippen LogP contribution in [0.5, 0.6) is 0 Å². The highest BCUT2D eigenvalue weighted by atomic mass is 32.2. The van der Waals surface area contributed by atoms with Crippen LogP contribution in [0.15, 0.2) is 54.7 Å². The monoisotopic (exact) mass is 477 g/mol. The highest BCUT2D eigenvalue weighted by Crippen LogP contribution is 2.28. The SMILES string of the molecule is Cc1ccc(-c2cc(C(=O)Nc3ccc(C)c(NS(C)(=O)=O)c3)c3cnn(C(C)C)c3n2)cc1. The molecule has 0 fully saturated rings. The summed E-state index contributed by atoms with van der Waals surface area (Å²) < 4.78 is 27.7. The highest BCUT2D eigenvalue weighted by Gasteiger charge is 2.19. The summed E-state index contributed by atoms with van der Waals surface area (Å²) in [6.07, 6.45) is 2.74. The largest absolute Gasteiger partial charge is 0.322 e. The van der Waals surface area contributed by atoms with Gasteiger partial charge in [0.1, 0.15) is 0 Å². The third kappa shape index (κ3) is 4.94. The number of nitrogens with one attached hydrogen (secondary N) is 2. The maximum atomic E-state index is 13.4. The molecule has 9 heteroatoms. The molecule has 0 saturated carbocycles. The van der Waals surface area contributed by atoms with Crippen molar-refractivity contribution in [1.82, 2.24) is 14.8 Å². The van der Waals surface area contributed by atoms with E-state index in [4.69, 9.17) is 4.98 Å². The van der Waals surface area contributed by atoms with Crippen LogP contribution in [-0.2, 0) is 10.0 Å². The zero-order chi connectivity index (χ0) is 24.6. The summed E-state index contributed by atoms with van der Waals surface area (Å²) in [4.78, 5) is 18.2. The number of aryl methyl sites for hydroxylation is 2. The molecule has 2 heterocycles. The first-order chi connectivity index (χ1) is 16.0. The molecule has 2 aromatic heterocycles. The normalized spacial score (nSPS) is 11.7. The minimum atomic E-state index is -3.45. The molecule has 176 valence electrons. The van der Waals surface area contributed by atoms with Crippen molar-refractivity contribution < 1.29 is 13.2 Å². The van der Waals surface area contributed by atoms with E-state index < -0.39 is 10.0 Å². The summed E-state index contributed by atoms with van der Waals surface area (Å²) in [5.41, 5.74) is 5.39. The number of carbonyl (C=O) groups is 1. The topological polar surface area (TPSA) is 106 Å². The molecule has 0 radical (unpaired) electrons. The van der Waals surface area contributed by atoms with Gasteiger partial charge in [0.15, 0.2) is 5.65 Å². The van der Waals surface area contributed by atoms with E-state index in [0.29, 0.717) is 33.7 Å². The summed E-state index contributed by atoms with van der Waals surface area (Å²) >= 11 is 0. The van der Waals surface area contributed by atoms with Crippen LogP contribution in [0.4, 0.5) is 11.4 Å². The van der Waals surface area contributed by atoms with Crippen LogP contribution in [0.1, 0.15) is 41.4 Å². The van der Waals surface area contributed by atoms with Crippen molar-refractivity contribution in [2.75, 3.05) is 16.3 Å². The number of amides is 1. The van der Waals surface area contributed by atoms with E-state index in [1.165, 1.54) is 0 Å². The Balaban J connectivity index is 1.78.